The molecule has 0 radical (unpaired) electrons. The highest BCUT2D eigenvalue weighted by molar-refractivity contribution is 6.03. The van der Waals surface area contributed by atoms with Crippen molar-refractivity contribution < 1.29 is 9.18 Å². The number of ketones is 1. The van der Waals surface area contributed by atoms with E-state index in [1.165, 1.54) is 6.07 Å². The van der Waals surface area contributed by atoms with Crippen LogP contribution >= 0.6 is 0 Å². The Bertz CT molecular complexity index is 721. The molecule has 3 nitrogen and oxygen atoms in total. The lowest BCUT2D eigenvalue weighted by molar-refractivity contribution is 0.0783. The van der Waals surface area contributed by atoms with E-state index in [0.717, 1.165) is 31.2 Å². The van der Waals surface area contributed by atoms with Gasteiger partial charge in [0.1, 0.15) is 5.82 Å². The first-order valence-electron chi connectivity index (χ1n) is 8.33. The third-order valence-electron chi connectivity index (χ3n) is 4.95. The van der Waals surface area contributed by atoms with Crippen molar-refractivity contribution in [2.45, 2.75) is 40.0 Å². The molecule has 0 saturated carbocycles. The maximum Gasteiger partial charge on any atom is 0.170 e. The van der Waals surface area contributed by atoms with Gasteiger partial charge in [0.2, 0.25) is 0 Å². The molecule has 1 atom stereocenters. The first-order chi connectivity index (χ1) is 10.8. The van der Waals surface area contributed by atoms with Gasteiger partial charge >= 0.3 is 0 Å². The van der Waals surface area contributed by atoms with Crippen LogP contribution in [0.25, 0.3) is 10.9 Å². The molecule has 1 aliphatic heterocycles. The fraction of sp³-hybridized carbons (Fsp3) is 0.526. The van der Waals surface area contributed by atoms with Gasteiger partial charge in [-0.15, -0.1) is 0 Å². The molecule has 0 unspecified atom stereocenters. The molecular formula is C19H25FN2O. The van der Waals surface area contributed by atoms with Gasteiger partial charge in [0.25, 0.3) is 0 Å². The number of rotatable bonds is 4. The van der Waals surface area contributed by atoms with Crippen molar-refractivity contribution in [2.24, 2.45) is 10.8 Å². The number of H-pyrrole nitrogens is 1. The van der Waals surface area contributed by atoms with E-state index in [2.05, 4.69) is 31.1 Å². The molecule has 4 heteroatoms. The lowest BCUT2D eigenvalue weighted by Gasteiger charge is -2.30. The van der Waals surface area contributed by atoms with Gasteiger partial charge in [-0.3, -0.25) is 4.79 Å². The van der Waals surface area contributed by atoms with Crippen molar-refractivity contribution in [1.29, 1.82) is 0 Å². The number of halogens is 1. The molecule has 1 aliphatic rings. The van der Waals surface area contributed by atoms with Crippen molar-refractivity contribution in [1.82, 2.24) is 10.3 Å². The molecule has 1 saturated heterocycles. The summed E-state index contributed by atoms with van der Waals surface area (Å²) in [5, 5.41) is 4.08. The minimum atomic E-state index is -0.399. The quantitative estimate of drug-likeness (QED) is 0.826. The van der Waals surface area contributed by atoms with Crippen molar-refractivity contribution in [3.63, 3.8) is 0 Å². The molecule has 2 heterocycles. The van der Waals surface area contributed by atoms with E-state index in [0.29, 0.717) is 17.6 Å². The van der Waals surface area contributed by atoms with Crippen LogP contribution in [0.15, 0.2) is 24.4 Å². The van der Waals surface area contributed by atoms with E-state index in [-0.39, 0.29) is 17.0 Å². The van der Waals surface area contributed by atoms with Gasteiger partial charge in [-0.25, -0.2) is 4.39 Å². The summed E-state index contributed by atoms with van der Waals surface area (Å²) in [7, 11) is 0. The Morgan fingerprint density at radius 3 is 2.78 bits per heavy atom. The Labute approximate surface area is 136 Å². The van der Waals surface area contributed by atoms with Crippen LogP contribution in [-0.2, 0) is 0 Å². The van der Waals surface area contributed by atoms with Crippen molar-refractivity contribution in [2.75, 3.05) is 13.1 Å². The van der Waals surface area contributed by atoms with Gasteiger partial charge in [0.15, 0.2) is 5.78 Å². The van der Waals surface area contributed by atoms with Gasteiger partial charge in [-0.05, 0) is 49.4 Å². The SMILES string of the molecule is CC(C)(C)CC[C@@]1(C(=O)c2cc(F)c3[nH]ccc3c2)CCNC1. The fourth-order valence-corrected chi connectivity index (χ4v) is 3.44. The molecule has 3 rings (SSSR count). The maximum absolute atomic E-state index is 14.2. The van der Waals surface area contributed by atoms with E-state index in [9.17, 15) is 9.18 Å². The van der Waals surface area contributed by atoms with Crippen LogP contribution < -0.4 is 5.32 Å². The Morgan fingerprint density at radius 1 is 1.35 bits per heavy atom. The Hall–Kier alpha value is -1.68. The summed E-state index contributed by atoms with van der Waals surface area (Å²) in [4.78, 5) is 16.1. The van der Waals surface area contributed by atoms with Gasteiger partial charge in [-0.1, -0.05) is 20.8 Å². The third kappa shape index (κ3) is 3.18. The van der Waals surface area contributed by atoms with Crippen molar-refractivity contribution in [3.05, 3.63) is 35.8 Å². The first kappa shape index (κ1) is 16.2. The number of aromatic nitrogens is 1. The summed E-state index contributed by atoms with van der Waals surface area (Å²) < 4.78 is 14.2. The zero-order valence-corrected chi connectivity index (χ0v) is 14.1. The van der Waals surface area contributed by atoms with Crippen molar-refractivity contribution in [3.8, 4) is 0 Å². The molecule has 23 heavy (non-hydrogen) atoms. The number of nitrogens with one attached hydrogen (secondary N) is 2. The van der Waals surface area contributed by atoms with E-state index in [1.54, 1.807) is 6.20 Å². The second kappa shape index (κ2) is 5.75. The minimum Gasteiger partial charge on any atom is -0.359 e. The topological polar surface area (TPSA) is 44.9 Å². The maximum atomic E-state index is 14.2. The lowest BCUT2D eigenvalue weighted by atomic mass is 9.72. The first-order valence-corrected chi connectivity index (χ1v) is 8.33. The van der Waals surface area contributed by atoms with E-state index >= 15 is 0 Å². The number of benzene rings is 1. The number of carbonyl (C=O) groups is 1. The second-order valence-corrected chi connectivity index (χ2v) is 8.00. The molecular weight excluding hydrogens is 291 g/mol. The van der Waals surface area contributed by atoms with Crippen molar-refractivity contribution >= 4 is 16.7 Å². The summed E-state index contributed by atoms with van der Waals surface area (Å²) in [6.07, 6.45) is 4.35. The summed E-state index contributed by atoms with van der Waals surface area (Å²) in [5.41, 5.74) is 0.747. The van der Waals surface area contributed by atoms with Crippen LogP contribution in [0.5, 0.6) is 0 Å². The summed E-state index contributed by atoms with van der Waals surface area (Å²) in [6.45, 7) is 8.12. The van der Waals surface area contributed by atoms with E-state index in [1.807, 2.05) is 12.1 Å². The van der Waals surface area contributed by atoms with Crippen LogP contribution in [0, 0.1) is 16.6 Å². The molecule has 2 N–H and O–H groups in total. The highest BCUT2D eigenvalue weighted by atomic mass is 19.1. The normalized spacial score (nSPS) is 21.9. The number of hydrogen-bond acceptors (Lipinski definition) is 2. The minimum absolute atomic E-state index is 0.0775. The molecule has 1 fully saturated rings. The number of aromatic amines is 1. The fourth-order valence-electron chi connectivity index (χ4n) is 3.44. The monoisotopic (exact) mass is 316 g/mol. The molecule has 0 aliphatic carbocycles. The highest BCUT2D eigenvalue weighted by Crippen LogP contribution is 2.39. The zero-order valence-electron chi connectivity index (χ0n) is 14.1. The van der Waals surface area contributed by atoms with Crippen LogP contribution in [0.1, 0.15) is 50.4 Å². The number of hydrogen-bond donors (Lipinski definition) is 2. The largest absolute Gasteiger partial charge is 0.359 e. The average molecular weight is 316 g/mol. The average Bonchev–Trinajstić information content (AvgIpc) is 3.13. The van der Waals surface area contributed by atoms with Gasteiger partial charge in [0, 0.05) is 29.1 Å². The molecule has 1 aromatic carbocycles. The highest BCUT2D eigenvalue weighted by Gasteiger charge is 2.42. The van der Waals surface area contributed by atoms with Crippen LogP contribution in [-0.4, -0.2) is 23.9 Å². The van der Waals surface area contributed by atoms with Gasteiger partial charge in [0.05, 0.1) is 5.52 Å². The van der Waals surface area contributed by atoms with Crippen LogP contribution in [0.2, 0.25) is 0 Å². The van der Waals surface area contributed by atoms with E-state index in [4.69, 9.17) is 0 Å². The Morgan fingerprint density at radius 2 is 2.13 bits per heavy atom. The number of fused-ring (bicyclic) bond motifs is 1. The Balaban J connectivity index is 1.93. The molecule has 2 aromatic rings. The standard InChI is InChI=1S/C19H25FN2O/c1-18(2,3)5-6-19(7-9-21-12-19)17(23)14-10-13-4-8-22-16(13)15(20)11-14/h4,8,10-11,21-22H,5-7,9,12H2,1-3H3/t19-/m1/s1. The van der Waals surface area contributed by atoms with Crippen LogP contribution in [0.4, 0.5) is 4.39 Å². The summed E-state index contributed by atoms with van der Waals surface area (Å²) >= 11 is 0. The lowest BCUT2D eigenvalue weighted by Crippen LogP contribution is -2.34. The summed E-state index contributed by atoms with van der Waals surface area (Å²) in [5.74, 6) is -0.276. The smallest absolute Gasteiger partial charge is 0.170 e. The number of Topliss-reactive ketones (excluding diaryl/α,β-unsaturated/α-hetero) is 1. The third-order valence-corrected chi connectivity index (χ3v) is 4.95. The molecule has 124 valence electrons. The van der Waals surface area contributed by atoms with Gasteiger partial charge in [-0.2, -0.15) is 0 Å². The van der Waals surface area contributed by atoms with E-state index < -0.39 is 5.41 Å². The second-order valence-electron chi connectivity index (χ2n) is 8.00. The van der Waals surface area contributed by atoms with Gasteiger partial charge < -0.3 is 10.3 Å². The number of carbonyl (C=O) groups excluding carboxylic acids is 1. The Kier molecular flexibility index (Phi) is 4.05. The molecule has 0 amide bonds. The summed E-state index contributed by atoms with van der Waals surface area (Å²) in [6, 6.07) is 5.01. The predicted octanol–water partition coefficient (Wildman–Crippen LogP) is 4.30. The molecule has 0 spiro atoms. The predicted molar refractivity (Wildman–Crippen MR) is 91.2 cm³/mol. The van der Waals surface area contributed by atoms with Crippen LogP contribution in [0.3, 0.4) is 0 Å². The molecule has 1 aromatic heterocycles. The molecule has 0 bridgehead atoms. The zero-order chi connectivity index (χ0) is 16.7.